The Balaban J connectivity index is 1.86. The van der Waals surface area contributed by atoms with Gasteiger partial charge in [-0.3, -0.25) is 0 Å². The van der Waals surface area contributed by atoms with Gasteiger partial charge in [-0.2, -0.15) is 0 Å². The minimum Gasteiger partial charge on any atom is -0.449 e. The first-order chi connectivity index (χ1) is 6.76. The average Bonchev–Trinajstić information content (AvgIpc) is 2.90. The number of amides is 1. The van der Waals surface area contributed by atoms with E-state index in [0.717, 1.165) is 38.8 Å². The van der Waals surface area contributed by atoms with Gasteiger partial charge in [-0.15, -0.1) is 0 Å². The largest absolute Gasteiger partial charge is 0.449 e. The predicted molar refractivity (Wildman–Crippen MR) is 50.9 cm³/mol. The van der Waals surface area contributed by atoms with E-state index in [0.29, 0.717) is 6.61 Å². The summed E-state index contributed by atoms with van der Waals surface area (Å²) >= 11 is 0. The van der Waals surface area contributed by atoms with E-state index in [9.17, 15) is 4.79 Å². The fourth-order valence-corrected chi connectivity index (χ4v) is 2.05. The Labute approximate surface area is 83.8 Å². The molecule has 2 aliphatic rings. The van der Waals surface area contributed by atoms with Crippen molar-refractivity contribution in [3.05, 3.63) is 0 Å². The number of carbonyl (C=O) groups excluding carboxylic acids is 1. The highest BCUT2D eigenvalue weighted by Crippen LogP contribution is 2.49. The molecule has 14 heavy (non-hydrogen) atoms. The normalized spacial score (nSPS) is 24.6. The van der Waals surface area contributed by atoms with E-state index in [1.165, 1.54) is 0 Å². The molecule has 1 amide bonds. The summed E-state index contributed by atoms with van der Waals surface area (Å²) in [5, 5.41) is 8.90. The third kappa shape index (κ3) is 2.00. The highest BCUT2D eigenvalue weighted by molar-refractivity contribution is 5.68. The molecule has 4 nitrogen and oxygen atoms in total. The number of hydrogen-bond donors (Lipinski definition) is 1. The van der Waals surface area contributed by atoms with Crippen LogP contribution in [0.2, 0.25) is 0 Å². The van der Waals surface area contributed by atoms with Crippen LogP contribution < -0.4 is 0 Å². The van der Waals surface area contributed by atoms with Crippen LogP contribution in [-0.2, 0) is 4.74 Å². The van der Waals surface area contributed by atoms with Gasteiger partial charge in [0.1, 0.15) is 0 Å². The number of carbonyl (C=O) groups is 1. The van der Waals surface area contributed by atoms with Crippen LogP contribution >= 0.6 is 0 Å². The van der Waals surface area contributed by atoms with Crippen LogP contribution in [0.1, 0.15) is 25.7 Å². The van der Waals surface area contributed by atoms with Crippen LogP contribution in [0.25, 0.3) is 0 Å². The van der Waals surface area contributed by atoms with Gasteiger partial charge in [0.2, 0.25) is 0 Å². The van der Waals surface area contributed by atoms with E-state index in [1.54, 1.807) is 4.90 Å². The summed E-state index contributed by atoms with van der Waals surface area (Å²) in [5.74, 6) is 0. The molecule has 0 spiro atoms. The molecule has 0 bridgehead atoms. The Kier molecular flexibility index (Phi) is 2.63. The fourth-order valence-electron chi connectivity index (χ4n) is 2.05. The molecule has 80 valence electrons. The lowest BCUT2D eigenvalue weighted by Gasteiger charge is -2.29. The summed E-state index contributed by atoms with van der Waals surface area (Å²) in [6, 6.07) is 0. The van der Waals surface area contributed by atoms with Crippen LogP contribution in [0.5, 0.6) is 0 Å². The van der Waals surface area contributed by atoms with E-state index >= 15 is 0 Å². The molecule has 1 saturated carbocycles. The second-order valence-electron chi connectivity index (χ2n) is 4.36. The van der Waals surface area contributed by atoms with E-state index in [2.05, 4.69) is 0 Å². The topological polar surface area (TPSA) is 49.8 Å². The van der Waals surface area contributed by atoms with Gasteiger partial charge < -0.3 is 14.7 Å². The second kappa shape index (κ2) is 3.77. The van der Waals surface area contributed by atoms with E-state index in [4.69, 9.17) is 9.84 Å². The number of rotatable bonds is 4. The SMILES string of the molecule is O=C1OCCCN1CC1(CCO)CC1. The van der Waals surface area contributed by atoms with Gasteiger partial charge in [-0.1, -0.05) is 0 Å². The lowest BCUT2D eigenvalue weighted by Crippen LogP contribution is -2.41. The molecule has 0 atom stereocenters. The Morgan fingerprint density at radius 2 is 2.29 bits per heavy atom. The monoisotopic (exact) mass is 199 g/mol. The van der Waals surface area contributed by atoms with Gasteiger partial charge in [-0.25, -0.2) is 4.79 Å². The molecule has 2 rings (SSSR count). The smallest absolute Gasteiger partial charge is 0.409 e. The van der Waals surface area contributed by atoms with Crippen LogP contribution in [0, 0.1) is 5.41 Å². The molecule has 1 aliphatic carbocycles. The molecule has 0 aromatic carbocycles. The molecule has 4 heteroatoms. The lowest BCUT2D eigenvalue weighted by molar-refractivity contribution is 0.0616. The number of aliphatic hydroxyl groups excluding tert-OH is 1. The van der Waals surface area contributed by atoms with Gasteiger partial charge in [0.05, 0.1) is 6.61 Å². The van der Waals surface area contributed by atoms with Gasteiger partial charge in [0.25, 0.3) is 0 Å². The summed E-state index contributed by atoms with van der Waals surface area (Å²) in [4.78, 5) is 13.1. The molecular formula is C10H17NO3. The Hall–Kier alpha value is -0.770. The molecule has 2 fully saturated rings. The Morgan fingerprint density at radius 3 is 2.86 bits per heavy atom. The van der Waals surface area contributed by atoms with Gasteiger partial charge >= 0.3 is 6.09 Å². The molecule has 0 aromatic heterocycles. The van der Waals surface area contributed by atoms with Crippen molar-refractivity contribution in [3.63, 3.8) is 0 Å². The van der Waals surface area contributed by atoms with Crippen molar-refractivity contribution < 1.29 is 14.6 Å². The van der Waals surface area contributed by atoms with Crippen molar-refractivity contribution in [1.82, 2.24) is 4.90 Å². The van der Waals surface area contributed by atoms with Crippen molar-refractivity contribution >= 4 is 6.09 Å². The first-order valence-corrected chi connectivity index (χ1v) is 5.28. The molecular weight excluding hydrogens is 182 g/mol. The molecule has 1 aliphatic heterocycles. The summed E-state index contributed by atoms with van der Waals surface area (Å²) in [6.07, 6.45) is 3.84. The maximum Gasteiger partial charge on any atom is 0.409 e. The van der Waals surface area contributed by atoms with Crippen molar-refractivity contribution in [2.24, 2.45) is 5.41 Å². The number of aliphatic hydroxyl groups is 1. The number of ether oxygens (including phenoxy) is 1. The lowest BCUT2D eigenvalue weighted by atomic mass is 10.0. The Bertz CT molecular complexity index is 225. The van der Waals surface area contributed by atoms with Crippen molar-refractivity contribution in [2.75, 3.05) is 26.3 Å². The van der Waals surface area contributed by atoms with Crippen LogP contribution in [0.3, 0.4) is 0 Å². The van der Waals surface area contributed by atoms with Crippen molar-refractivity contribution in [3.8, 4) is 0 Å². The van der Waals surface area contributed by atoms with Crippen LogP contribution in [-0.4, -0.2) is 42.4 Å². The standard InChI is InChI=1S/C10H17NO3/c12-6-4-10(2-3-10)8-11-5-1-7-14-9(11)13/h12H,1-8H2. The summed E-state index contributed by atoms with van der Waals surface area (Å²) < 4.78 is 4.97. The van der Waals surface area contributed by atoms with Gasteiger partial charge in [0.15, 0.2) is 0 Å². The van der Waals surface area contributed by atoms with E-state index in [1.807, 2.05) is 0 Å². The average molecular weight is 199 g/mol. The van der Waals surface area contributed by atoms with Crippen LogP contribution in [0.4, 0.5) is 4.79 Å². The molecule has 1 heterocycles. The number of hydrogen-bond acceptors (Lipinski definition) is 3. The number of cyclic esters (lactones) is 1. The molecule has 1 N–H and O–H groups in total. The molecule has 0 unspecified atom stereocenters. The maximum atomic E-state index is 11.3. The molecule has 0 aromatic rings. The highest BCUT2D eigenvalue weighted by atomic mass is 16.6. The second-order valence-corrected chi connectivity index (χ2v) is 4.36. The summed E-state index contributed by atoms with van der Waals surface area (Å²) in [5.41, 5.74) is 0.213. The van der Waals surface area contributed by atoms with E-state index < -0.39 is 0 Å². The number of nitrogens with zero attached hydrogens (tertiary/aromatic N) is 1. The predicted octanol–water partition coefficient (Wildman–Crippen LogP) is 0.991. The first-order valence-electron chi connectivity index (χ1n) is 5.28. The quantitative estimate of drug-likeness (QED) is 0.734. The third-order valence-corrected chi connectivity index (χ3v) is 3.18. The fraction of sp³-hybridized carbons (Fsp3) is 0.900. The van der Waals surface area contributed by atoms with Gasteiger partial charge in [-0.05, 0) is 31.1 Å². The Morgan fingerprint density at radius 1 is 1.50 bits per heavy atom. The zero-order valence-electron chi connectivity index (χ0n) is 8.37. The van der Waals surface area contributed by atoms with Crippen molar-refractivity contribution in [2.45, 2.75) is 25.7 Å². The first kappa shape index (κ1) is 9.77. The molecule has 1 saturated heterocycles. The highest BCUT2D eigenvalue weighted by Gasteiger charge is 2.44. The summed E-state index contributed by atoms with van der Waals surface area (Å²) in [6.45, 7) is 2.36. The summed E-state index contributed by atoms with van der Waals surface area (Å²) in [7, 11) is 0. The van der Waals surface area contributed by atoms with E-state index in [-0.39, 0.29) is 18.1 Å². The minimum atomic E-state index is -0.180. The minimum absolute atomic E-state index is 0.180. The maximum absolute atomic E-state index is 11.3. The molecule has 0 radical (unpaired) electrons. The van der Waals surface area contributed by atoms with Crippen molar-refractivity contribution in [1.29, 1.82) is 0 Å². The zero-order valence-corrected chi connectivity index (χ0v) is 8.37. The van der Waals surface area contributed by atoms with Crippen LogP contribution in [0.15, 0.2) is 0 Å². The third-order valence-electron chi connectivity index (χ3n) is 3.18. The van der Waals surface area contributed by atoms with Gasteiger partial charge in [0, 0.05) is 19.7 Å². The zero-order chi connectivity index (χ0) is 10.0.